The van der Waals surface area contributed by atoms with Gasteiger partial charge in [0.2, 0.25) is 0 Å². The summed E-state index contributed by atoms with van der Waals surface area (Å²) in [6.45, 7) is 0. The molecule has 3 rings (SSSR count). The molecule has 0 saturated carbocycles. The minimum absolute atomic E-state index is 0.885. The Kier molecular flexibility index (Phi) is 1.04. The molecule has 0 amide bonds. The van der Waals surface area contributed by atoms with Gasteiger partial charge in [-0.15, -0.1) is 0 Å². The Morgan fingerprint density at radius 2 is 2.25 bits per heavy atom. The van der Waals surface area contributed by atoms with Crippen LogP contribution in [0.25, 0.3) is 11.0 Å². The second-order valence-electron chi connectivity index (χ2n) is 3.14. The minimum Gasteiger partial charge on any atom is -0.237 e. The summed E-state index contributed by atoms with van der Waals surface area (Å²) in [5.41, 5.74) is 3.52. The molecular weight excluding hydrogens is 148 g/mol. The standard InChI is InChI=1S/C10H8N2/c1-2-8-6-7-3-4-9(7)12-10(8)11-5-1/h1-2,5-6H,3-4H2. The molecule has 2 aromatic heterocycles. The predicted octanol–water partition coefficient (Wildman–Crippen LogP) is 1.73. The SMILES string of the molecule is c1cnc2nc3c(cc2c1)CC3. The van der Waals surface area contributed by atoms with Crippen molar-refractivity contribution in [3.8, 4) is 0 Å². The Bertz CT molecular complexity index is 406. The zero-order valence-electron chi connectivity index (χ0n) is 6.62. The Balaban J connectivity index is 2.43. The first-order valence-electron chi connectivity index (χ1n) is 4.17. The number of hydrogen-bond donors (Lipinski definition) is 0. The van der Waals surface area contributed by atoms with E-state index in [1.54, 1.807) is 6.20 Å². The molecule has 0 N–H and O–H groups in total. The third-order valence-corrected chi connectivity index (χ3v) is 2.39. The molecule has 2 heterocycles. The summed E-state index contributed by atoms with van der Waals surface area (Å²) in [5.74, 6) is 0. The summed E-state index contributed by atoms with van der Waals surface area (Å²) in [4.78, 5) is 8.66. The summed E-state index contributed by atoms with van der Waals surface area (Å²) in [6, 6.07) is 6.22. The highest BCUT2D eigenvalue weighted by Crippen LogP contribution is 2.23. The molecule has 2 heteroatoms. The molecule has 0 unspecified atom stereocenters. The van der Waals surface area contributed by atoms with Crippen LogP contribution in [-0.2, 0) is 12.8 Å². The number of aromatic nitrogens is 2. The fraction of sp³-hybridized carbons (Fsp3) is 0.200. The van der Waals surface area contributed by atoms with Crippen molar-refractivity contribution in [3.05, 3.63) is 35.7 Å². The van der Waals surface area contributed by atoms with Crippen molar-refractivity contribution < 1.29 is 0 Å². The fourth-order valence-electron chi connectivity index (χ4n) is 1.60. The van der Waals surface area contributed by atoms with Crippen LogP contribution in [0.5, 0.6) is 0 Å². The fourth-order valence-corrected chi connectivity index (χ4v) is 1.60. The van der Waals surface area contributed by atoms with Gasteiger partial charge in [0.05, 0.1) is 0 Å². The van der Waals surface area contributed by atoms with Crippen LogP contribution < -0.4 is 0 Å². The maximum Gasteiger partial charge on any atom is 0.159 e. The molecule has 0 atom stereocenters. The molecule has 1 aliphatic rings. The molecule has 58 valence electrons. The maximum absolute atomic E-state index is 4.45. The van der Waals surface area contributed by atoms with E-state index in [9.17, 15) is 0 Å². The average Bonchev–Trinajstić information content (AvgIpc) is 2.09. The van der Waals surface area contributed by atoms with Crippen molar-refractivity contribution in [1.82, 2.24) is 9.97 Å². The van der Waals surface area contributed by atoms with E-state index in [1.807, 2.05) is 6.07 Å². The van der Waals surface area contributed by atoms with Crippen molar-refractivity contribution >= 4 is 11.0 Å². The lowest BCUT2D eigenvalue weighted by Crippen LogP contribution is -2.10. The van der Waals surface area contributed by atoms with Gasteiger partial charge in [-0.1, -0.05) is 0 Å². The molecule has 0 spiro atoms. The van der Waals surface area contributed by atoms with E-state index in [1.165, 1.54) is 17.7 Å². The van der Waals surface area contributed by atoms with Gasteiger partial charge in [-0.3, -0.25) is 0 Å². The Hall–Kier alpha value is -1.44. The van der Waals surface area contributed by atoms with E-state index in [2.05, 4.69) is 22.1 Å². The number of hydrogen-bond acceptors (Lipinski definition) is 2. The number of rotatable bonds is 0. The molecule has 0 radical (unpaired) electrons. The Labute approximate surface area is 70.3 Å². The van der Waals surface area contributed by atoms with E-state index in [4.69, 9.17) is 0 Å². The van der Waals surface area contributed by atoms with E-state index in [0.717, 1.165) is 17.5 Å². The average molecular weight is 156 g/mol. The third kappa shape index (κ3) is 0.694. The van der Waals surface area contributed by atoms with Crippen LogP contribution in [0.4, 0.5) is 0 Å². The van der Waals surface area contributed by atoms with Crippen molar-refractivity contribution in [2.24, 2.45) is 0 Å². The molecular formula is C10H8N2. The van der Waals surface area contributed by atoms with Gasteiger partial charge in [0, 0.05) is 17.3 Å². The predicted molar refractivity (Wildman–Crippen MR) is 46.9 cm³/mol. The number of aryl methyl sites for hydroxylation is 2. The van der Waals surface area contributed by atoms with Gasteiger partial charge in [0.25, 0.3) is 0 Å². The van der Waals surface area contributed by atoms with Crippen molar-refractivity contribution in [1.29, 1.82) is 0 Å². The zero-order valence-corrected chi connectivity index (χ0v) is 6.62. The van der Waals surface area contributed by atoms with Crippen LogP contribution in [0.2, 0.25) is 0 Å². The van der Waals surface area contributed by atoms with Gasteiger partial charge >= 0.3 is 0 Å². The van der Waals surface area contributed by atoms with Gasteiger partial charge in [0.15, 0.2) is 5.65 Å². The lowest BCUT2D eigenvalue weighted by atomic mass is 9.93. The van der Waals surface area contributed by atoms with Gasteiger partial charge in [-0.2, -0.15) is 0 Å². The largest absolute Gasteiger partial charge is 0.237 e. The molecule has 0 saturated heterocycles. The summed E-state index contributed by atoms with van der Waals surface area (Å²) in [7, 11) is 0. The van der Waals surface area contributed by atoms with Crippen LogP contribution in [0, 0.1) is 0 Å². The Morgan fingerprint density at radius 1 is 1.25 bits per heavy atom. The summed E-state index contributed by atoms with van der Waals surface area (Å²) in [6.07, 6.45) is 4.11. The quantitative estimate of drug-likeness (QED) is 0.580. The minimum atomic E-state index is 0.885. The van der Waals surface area contributed by atoms with Crippen LogP contribution in [-0.4, -0.2) is 9.97 Å². The first-order chi connectivity index (χ1) is 5.93. The number of nitrogens with zero attached hydrogens (tertiary/aromatic N) is 2. The number of pyridine rings is 2. The molecule has 0 fully saturated rings. The zero-order chi connectivity index (χ0) is 7.97. The van der Waals surface area contributed by atoms with Crippen LogP contribution in [0.15, 0.2) is 24.4 Å². The van der Waals surface area contributed by atoms with E-state index >= 15 is 0 Å². The van der Waals surface area contributed by atoms with Crippen LogP contribution in [0.1, 0.15) is 11.3 Å². The first kappa shape index (κ1) is 6.12. The lowest BCUT2D eigenvalue weighted by molar-refractivity contribution is 0.797. The second kappa shape index (κ2) is 2.03. The monoisotopic (exact) mass is 156 g/mol. The second-order valence-corrected chi connectivity index (χ2v) is 3.14. The summed E-state index contributed by atoms with van der Waals surface area (Å²) >= 11 is 0. The molecule has 0 bridgehead atoms. The molecule has 2 aromatic rings. The van der Waals surface area contributed by atoms with Crippen molar-refractivity contribution in [3.63, 3.8) is 0 Å². The third-order valence-electron chi connectivity index (χ3n) is 2.39. The van der Waals surface area contributed by atoms with Gasteiger partial charge in [-0.25, -0.2) is 9.97 Å². The molecule has 1 aliphatic carbocycles. The lowest BCUT2D eigenvalue weighted by Gasteiger charge is -2.16. The highest BCUT2D eigenvalue weighted by atomic mass is 14.8. The molecule has 2 nitrogen and oxygen atoms in total. The Morgan fingerprint density at radius 3 is 3.08 bits per heavy atom. The van der Waals surface area contributed by atoms with Crippen molar-refractivity contribution in [2.75, 3.05) is 0 Å². The van der Waals surface area contributed by atoms with E-state index in [0.29, 0.717) is 0 Å². The van der Waals surface area contributed by atoms with Crippen LogP contribution >= 0.6 is 0 Å². The summed E-state index contributed by atoms with van der Waals surface area (Å²) in [5, 5.41) is 1.16. The smallest absolute Gasteiger partial charge is 0.159 e. The van der Waals surface area contributed by atoms with Gasteiger partial charge < -0.3 is 0 Å². The molecule has 0 aromatic carbocycles. The highest BCUT2D eigenvalue weighted by Gasteiger charge is 2.15. The molecule has 0 aliphatic heterocycles. The van der Waals surface area contributed by atoms with Gasteiger partial charge in [-0.05, 0) is 36.6 Å². The molecule has 12 heavy (non-hydrogen) atoms. The van der Waals surface area contributed by atoms with Crippen molar-refractivity contribution in [2.45, 2.75) is 12.8 Å². The maximum atomic E-state index is 4.45. The topological polar surface area (TPSA) is 25.8 Å². The van der Waals surface area contributed by atoms with E-state index in [-0.39, 0.29) is 0 Å². The van der Waals surface area contributed by atoms with E-state index < -0.39 is 0 Å². The highest BCUT2D eigenvalue weighted by molar-refractivity contribution is 5.76. The number of fused-ring (bicyclic) bond motifs is 2. The first-order valence-corrected chi connectivity index (χ1v) is 4.17. The van der Waals surface area contributed by atoms with Crippen LogP contribution in [0.3, 0.4) is 0 Å². The summed E-state index contributed by atoms with van der Waals surface area (Å²) < 4.78 is 0. The van der Waals surface area contributed by atoms with Gasteiger partial charge in [0.1, 0.15) is 0 Å². The normalized spacial score (nSPS) is 14.0.